The third-order valence-electron chi connectivity index (χ3n) is 3.46. The van der Waals surface area contributed by atoms with E-state index in [2.05, 4.69) is 29.6 Å². The Morgan fingerprint density at radius 1 is 1.20 bits per heavy atom. The van der Waals surface area contributed by atoms with Crippen molar-refractivity contribution in [2.45, 2.75) is 26.4 Å². The zero-order valence-corrected chi connectivity index (χ0v) is 11.6. The van der Waals surface area contributed by atoms with E-state index in [0.717, 1.165) is 23.1 Å². The molecule has 0 unspecified atom stereocenters. The van der Waals surface area contributed by atoms with Gasteiger partial charge in [0, 0.05) is 29.3 Å². The Morgan fingerprint density at radius 3 is 2.75 bits per heavy atom. The van der Waals surface area contributed by atoms with E-state index in [9.17, 15) is 0 Å². The average molecular weight is 264 g/mol. The number of nitrogens with zero attached hydrogens (tertiary/aromatic N) is 4. The van der Waals surface area contributed by atoms with Gasteiger partial charge < -0.3 is 4.57 Å². The van der Waals surface area contributed by atoms with Crippen molar-refractivity contribution in [1.82, 2.24) is 14.3 Å². The first-order chi connectivity index (χ1) is 9.69. The summed E-state index contributed by atoms with van der Waals surface area (Å²) >= 11 is 0. The van der Waals surface area contributed by atoms with Gasteiger partial charge in [-0.15, -0.1) is 0 Å². The molecule has 0 aliphatic heterocycles. The van der Waals surface area contributed by atoms with Crippen molar-refractivity contribution in [1.29, 1.82) is 5.26 Å². The molecule has 0 spiro atoms. The van der Waals surface area contributed by atoms with Crippen molar-refractivity contribution in [3.05, 3.63) is 54.0 Å². The number of nitriles is 1. The number of fused-ring (bicyclic) bond motifs is 1. The molecule has 0 amide bonds. The van der Waals surface area contributed by atoms with Crippen LogP contribution >= 0.6 is 0 Å². The maximum absolute atomic E-state index is 9.12. The Morgan fingerprint density at radius 2 is 2.05 bits per heavy atom. The van der Waals surface area contributed by atoms with Gasteiger partial charge in [-0.25, -0.2) is 0 Å². The number of benzene rings is 1. The molecule has 0 N–H and O–H groups in total. The summed E-state index contributed by atoms with van der Waals surface area (Å²) in [5, 5.41) is 14.7. The van der Waals surface area contributed by atoms with Crippen molar-refractivity contribution in [3.63, 3.8) is 0 Å². The number of rotatable bonds is 3. The molecule has 0 atom stereocenters. The van der Waals surface area contributed by atoms with Gasteiger partial charge in [-0.3, -0.25) is 4.68 Å². The van der Waals surface area contributed by atoms with Crippen molar-refractivity contribution < 1.29 is 0 Å². The molecule has 0 aliphatic rings. The van der Waals surface area contributed by atoms with Gasteiger partial charge in [-0.2, -0.15) is 10.4 Å². The van der Waals surface area contributed by atoms with Crippen LogP contribution in [0.5, 0.6) is 0 Å². The molecule has 20 heavy (non-hydrogen) atoms. The first-order valence-electron chi connectivity index (χ1n) is 6.71. The molecule has 3 rings (SSSR count). The highest BCUT2D eigenvalue weighted by Crippen LogP contribution is 2.20. The molecule has 0 saturated carbocycles. The minimum Gasteiger partial charge on any atom is -0.341 e. The Bertz CT molecular complexity index is 786. The van der Waals surface area contributed by atoms with Gasteiger partial charge in [0.1, 0.15) is 0 Å². The van der Waals surface area contributed by atoms with Gasteiger partial charge >= 0.3 is 0 Å². The summed E-state index contributed by atoms with van der Waals surface area (Å²) < 4.78 is 4.09. The van der Waals surface area contributed by atoms with E-state index >= 15 is 0 Å². The van der Waals surface area contributed by atoms with Gasteiger partial charge in [0.05, 0.1) is 23.9 Å². The van der Waals surface area contributed by atoms with E-state index in [-0.39, 0.29) is 0 Å². The average Bonchev–Trinajstić information content (AvgIpc) is 3.06. The summed E-state index contributed by atoms with van der Waals surface area (Å²) in [6.45, 7) is 4.94. The highest BCUT2D eigenvalue weighted by molar-refractivity contribution is 5.86. The molecule has 4 heteroatoms. The molecule has 100 valence electrons. The zero-order chi connectivity index (χ0) is 14.1. The molecule has 0 aliphatic carbocycles. The number of hydrogen-bond acceptors (Lipinski definition) is 2. The van der Waals surface area contributed by atoms with Crippen LogP contribution in [-0.2, 0) is 6.54 Å². The summed E-state index contributed by atoms with van der Waals surface area (Å²) in [7, 11) is 0. The molecule has 3 aromatic rings. The summed E-state index contributed by atoms with van der Waals surface area (Å²) in [5.41, 5.74) is 2.82. The van der Waals surface area contributed by atoms with Crippen LogP contribution in [0.25, 0.3) is 10.9 Å². The summed E-state index contributed by atoms with van der Waals surface area (Å²) in [4.78, 5) is 0. The third-order valence-corrected chi connectivity index (χ3v) is 3.46. The van der Waals surface area contributed by atoms with Crippen molar-refractivity contribution >= 4 is 10.9 Å². The normalized spacial score (nSPS) is 11.1. The molecule has 2 aromatic heterocycles. The minimum absolute atomic E-state index is 0.371. The van der Waals surface area contributed by atoms with Crippen LogP contribution in [-0.4, -0.2) is 14.3 Å². The molecule has 2 heterocycles. The predicted molar refractivity (Wildman–Crippen MR) is 78.4 cm³/mol. The maximum Gasteiger partial charge on any atom is 0.0998 e. The van der Waals surface area contributed by atoms with Crippen molar-refractivity contribution in [2.75, 3.05) is 0 Å². The van der Waals surface area contributed by atoms with Gasteiger partial charge in [0.2, 0.25) is 0 Å². The van der Waals surface area contributed by atoms with Crippen molar-refractivity contribution in [2.24, 2.45) is 0 Å². The largest absolute Gasteiger partial charge is 0.341 e. The van der Waals surface area contributed by atoms with E-state index in [0.29, 0.717) is 11.6 Å². The number of aromatic nitrogens is 3. The standard InChI is InChI=1S/C16H16N4/c1-12(2)20-9-6-14(18-20)11-19-8-7-15-13(10-17)4-3-5-16(15)19/h3-9,12H,11H2,1-2H3. The Kier molecular flexibility index (Phi) is 3.03. The van der Waals surface area contributed by atoms with E-state index in [4.69, 9.17) is 5.26 Å². The lowest BCUT2D eigenvalue weighted by Crippen LogP contribution is -2.04. The van der Waals surface area contributed by atoms with Crippen LogP contribution < -0.4 is 0 Å². The summed E-state index contributed by atoms with van der Waals surface area (Å²) in [6, 6.07) is 12.4. The highest BCUT2D eigenvalue weighted by atomic mass is 15.3. The third kappa shape index (κ3) is 2.08. The van der Waals surface area contributed by atoms with Crippen LogP contribution in [0.3, 0.4) is 0 Å². The molecule has 1 aromatic carbocycles. The lowest BCUT2D eigenvalue weighted by Gasteiger charge is -2.05. The molecule has 0 bridgehead atoms. The summed E-state index contributed by atoms with van der Waals surface area (Å²) in [6.07, 6.45) is 4.02. The lowest BCUT2D eigenvalue weighted by atomic mass is 10.1. The second-order valence-electron chi connectivity index (χ2n) is 5.17. The van der Waals surface area contributed by atoms with Gasteiger partial charge in [-0.1, -0.05) is 6.07 Å². The minimum atomic E-state index is 0.371. The smallest absolute Gasteiger partial charge is 0.0998 e. The molecule has 0 saturated heterocycles. The van der Waals surface area contributed by atoms with E-state index in [1.807, 2.05) is 47.4 Å². The second kappa shape index (κ2) is 4.86. The fourth-order valence-electron chi connectivity index (χ4n) is 2.38. The van der Waals surface area contributed by atoms with Crippen LogP contribution in [0.15, 0.2) is 42.7 Å². The molecule has 0 radical (unpaired) electrons. The van der Waals surface area contributed by atoms with E-state index < -0.39 is 0 Å². The predicted octanol–water partition coefficient (Wildman–Crippen LogP) is 3.34. The monoisotopic (exact) mass is 264 g/mol. The van der Waals surface area contributed by atoms with Gasteiger partial charge in [0.25, 0.3) is 0 Å². The number of hydrogen-bond donors (Lipinski definition) is 0. The van der Waals surface area contributed by atoms with Gasteiger partial charge in [-0.05, 0) is 38.1 Å². The Hall–Kier alpha value is -2.54. The molecular weight excluding hydrogens is 248 g/mol. The molecule has 4 nitrogen and oxygen atoms in total. The molecule has 0 fully saturated rings. The Labute approximate surface area is 117 Å². The van der Waals surface area contributed by atoms with Gasteiger partial charge in [0.15, 0.2) is 0 Å². The summed E-state index contributed by atoms with van der Waals surface area (Å²) in [5.74, 6) is 0. The fraction of sp³-hybridized carbons (Fsp3) is 0.250. The van der Waals surface area contributed by atoms with Crippen LogP contribution in [0.2, 0.25) is 0 Å². The topological polar surface area (TPSA) is 46.5 Å². The zero-order valence-electron chi connectivity index (χ0n) is 11.6. The molecular formula is C16H16N4. The van der Waals surface area contributed by atoms with Crippen LogP contribution in [0, 0.1) is 11.3 Å². The first-order valence-corrected chi connectivity index (χ1v) is 6.71. The van der Waals surface area contributed by atoms with Crippen molar-refractivity contribution in [3.8, 4) is 6.07 Å². The van der Waals surface area contributed by atoms with E-state index in [1.165, 1.54) is 0 Å². The fourth-order valence-corrected chi connectivity index (χ4v) is 2.38. The first kappa shape index (κ1) is 12.5. The SMILES string of the molecule is CC(C)n1ccc(Cn2ccc3c(C#N)cccc32)n1. The Balaban J connectivity index is 1.97. The quantitative estimate of drug-likeness (QED) is 0.728. The lowest BCUT2D eigenvalue weighted by molar-refractivity contribution is 0.524. The highest BCUT2D eigenvalue weighted by Gasteiger charge is 2.07. The van der Waals surface area contributed by atoms with Crippen LogP contribution in [0.4, 0.5) is 0 Å². The maximum atomic E-state index is 9.12. The second-order valence-corrected chi connectivity index (χ2v) is 5.17. The van der Waals surface area contributed by atoms with Crippen LogP contribution in [0.1, 0.15) is 31.1 Å². The van der Waals surface area contributed by atoms with E-state index in [1.54, 1.807) is 0 Å².